The summed E-state index contributed by atoms with van der Waals surface area (Å²) in [4.78, 5) is 4.40. The summed E-state index contributed by atoms with van der Waals surface area (Å²) >= 11 is 1.75. The van der Waals surface area contributed by atoms with Gasteiger partial charge in [0.2, 0.25) is 0 Å². The second-order valence-electron chi connectivity index (χ2n) is 2.52. The molecule has 0 saturated heterocycles. The van der Waals surface area contributed by atoms with Crippen LogP contribution >= 0.6 is 11.3 Å². The monoisotopic (exact) mass is 163 g/mol. The van der Waals surface area contributed by atoms with Crippen molar-refractivity contribution in [2.45, 2.75) is 13.3 Å². The van der Waals surface area contributed by atoms with Gasteiger partial charge in [-0.25, -0.2) is 4.98 Å². The SMILES string of the molecule is Cc1nc2c(s1)=CC=CCC=2. The van der Waals surface area contributed by atoms with Gasteiger partial charge in [-0.3, -0.25) is 0 Å². The van der Waals surface area contributed by atoms with Crippen molar-refractivity contribution in [3.05, 3.63) is 27.0 Å². The summed E-state index contributed by atoms with van der Waals surface area (Å²) in [5.74, 6) is 0. The Balaban J connectivity index is 2.79. The average molecular weight is 163 g/mol. The first-order valence-corrected chi connectivity index (χ1v) is 4.48. The van der Waals surface area contributed by atoms with E-state index in [4.69, 9.17) is 0 Å². The van der Waals surface area contributed by atoms with E-state index in [1.165, 1.54) is 4.53 Å². The molecule has 1 nitrogen and oxygen atoms in total. The molecule has 2 heteroatoms. The van der Waals surface area contributed by atoms with Crippen LogP contribution in [0.1, 0.15) is 11.4 Å². The van der Waals surface area contributed by atoms with Gasteiger partial charge in [0, 0.05) is 0 Å². The van der Waals surface area contributed by atoms with Crippen molar-refractivity contribution in [1.29, 1.82) is 0 Å². The molecule has 0 saturated carbocycles. The third kappa shape index (κ3) is 1.26. The number of fused-ring (bicyclic) bond motifs is 1. The number of thiazole rings is 1. The summed E-state index contributed by atoms with van der Waals surface area (Å²) in [5, 5.41) is 2.30. The van der Waals surface area contributed by atoms with Gasteiger partial charge in [-0.2, -0.15) is 0 Å². The number of nitrogens with zero attached hydrogens (tertiary/aromatic N) is 1. The number of allylic oxidation sites excluding steroid dienone is 2. The molecular formula is C9H9NS. The maximum atomic E-state index is 4.40. The van der Waals surface area contributed by atoms with Crippen molar-refractivity contribution >= 4 is 23.5 Å². The Bertz CT molecular complexity index is 398. The van der Waals surface area contributed by atoms with Gasteiger partial charge in [-0.15, -0.1) is 11.3 Å². The molecule has 0 bridgehead atoms. The summed E-state index contributed by atoms with van der Waals surface area (Å²) in [7, 11) is 0. The van der Waals surface area contributed by atoms with Crippen LogP contribution in [0.25, 0.3) is 12.2 Å². The van der Waals surface area contributed by atoms with Crippen molar-refractivity contribution < 1.29 is 0 Å². The van der Waals surface area contributed by atoms with E-state index < -0.39 is 0 Å². The molecule has 0 atom stereocenters. The summed E-state index contributed by atoms with van der Waals surface area (Å²) < 4.78 is 1.29. The fourth-order valence-corrected chi connectivity index (χ4v) is 1.98. The normalized spacial score (nSPS) is 14.6. The van der Waals surface area contributed by atoms with Crippen LogP contribution in [-0.2, 0) is 0 Å². The molecule has 0 N–H and O–H groups in total. The van der Waals surface area contributed by atoms with Crippen LogP contribution in [0.15, 0.2) is 12.2 Å². The van der Waals surface area contributed by atoms with Crippen molar-refractivity contribution in [2.75, 3.05) is 0 Å². The summed E-state index contributed by atoms with van der Waals surface area (Å²) in [6.07, 6.45) is 9.54. The smallest absolute Gasteiger partial charge is 0.0907 e. The van der Waals surface area contributed by atoms with Crippen molar-refractivity contribution in [3.8, 4) is 0 Å². The highest BCUT2D eigenvalue weighted by Crippen LogP contribution is 1.94. The van der Waals surface area contributed by atoms with E-state index in [9.17, 15) is 0 Å². The minimum absolute atomic E-state index is 1.01. The second-order valence-corrected chi connectivity index (χ2v) is 3.75. The van der Waals surface area contributed by atoms with Crippen LogP contribution in [0, 0.1) is 6.92 Å². The zero-order valence-corrected chi connectivity index (χ0v) is 7.19. The number of hydrogen-bond acceptors (Lipinski definition) is 2. The summed E-state index contributed by atoms with van der Waals surface area (Å²) in [6, 6.07) is 0. The Kier molecular flexibility index (Phi) is 1.62. The van der Waals surface area contributed by atoms with E-state index in [1.807, 2.05) is 6.92 Å². The lowest BCUT2D eigenvalue weighted by atomic mass is 10.4. The van der Waals surface area contributed by atoms with Gasteiger partial charge < -0.3 is 0 Å². The van der Waals surface area contributed by atoms with Gasteiger partial charge in [0.05, 0.1) is 14.9 Å². The number of hydrogen-bond donors (Lipinski definition) is 0. The molecule has 0 spiro atoms. The van der Waals surface area contributed by atoms with Crippen molar-refractivity contribution in [1.82, 2.24) is 4.98 Å². The standard InChI is InChI=1S/C9H9NS/c1-7-10-8-5-3-2-4-6-9(8)11-7/h2,4-6H,3H2,1H3. The predicted octanol–water partition coefficient (Wildman–Crippen LogP) is 0.972. The van der Waals surface area contributed by atoms with Crippen LogP contribution in [-0.4, -0.2) is 4.98 Å². The first-order chi connectivity index (χ1) is 5.36. The average Bonchev–Trinajstić information content (AvgIpc) is 2.17. The first kappa shape index (κ1) is 6.80. The summed E-state index contributed by atoms with van der Waals surface area (Å²) in [5.41, 5.74) is 0. The van der Waals surface area contributed by atoms with Crippen molar-refractivity contribution in [2.24, 2.45) is 0 Å². The highest BCUT2D eigenvalue weighted by Gasteiger charge is 1.93. The highest BCUT2D eigenvalue weighted by atomic mass is 32.1. The zero-order chi connectivity index (χ0) is 7.68. The third-order valence-corrected chi connectivity index (χ3v) is 2.57. The molecule has 0 fully saturated rings. The molecule has 1 aliphatic rings. The molecule has 56 valence electrons. The minimum atomic E-state index is 1.01. The van der Waals surface area contributed by atoms with Gasteiger partial charge >= 0.3 is 0 Å². The fraction of sp³-hybridized carbons (Fsp3) is 0.222. The Labute approximate surface area is 69.4 Å². The van der Waals surface area contributed by atoms with Gasteiger partial charge in [0.25, 0.3) is 0 Å². The lowest BCUT2D eigenvalue weighted by Crippen LogP contribution is -2.19. The number of aryl methyl sites for hydroxylation is 1. The van der Waals surface area contributed by atoms with Crippen LogP contribution in [0.3, 0.4) is 0 Å². The molecule has 1 aromatic heterocycles. The first-order valence-electron chi connectivity index (χ1n) is 3.67. The Morgan fingerprint density at radius 3 is 3.36 bits per heavy atom. The van der Waals surface area contributed by atoms with Gasteiger partial charge in [0.1, 0.15) is 0 Å². The molecule has 0 aliphatic heterocycles. The minimum Gasteiger partial charge on any atom is -0.242 e. The van der Waals surface area contributed by atoms with Crippen LogP contribution in [0.4, 0.5) is 0 Å². The quantitative estimate of drug-likeness (QED) is 0.555. The van der Waals surface area contributed by atoms with Gasteiger partial charge in [0.15, 0.2) is 0 Å². The van der Waals surface area contributed by atoms with E-state index in [0.717, 1.165) is 16.8 Å². The van der Waals surface area contributed by atoms with Crippen LogP contribution in [0.2, 0.25) is 0 Å². The molecule has 0 unspecified atom stereocenters. The predicted molar refractivity (Wildman–Crippen MR) is 48.8 cm³/mol. The lowest BCUT2D eigenvalue weighted by molar-refractivity contribution is 1.22. The van der Waals surface area contributed by atoms with Gasteiger partial charge in [-0.1, -0.05) is 18.2 Å². The Hall–Kier alpha value is -0.890. The van der Waals surface area contributed by atoms with Crippen LogP contribution < -0.4 is 9.88 Å². The lowest BCUT2D eigenvalue weighted by Gasteiger charge is -1.74. The summed E-state index contributed by atoms with van der Waals surface area (Å²) in [6.45, 7) is 2.05. The fourth-order valence-electron chi connectivity index (χ4n) is 1.14. The van der Waals surface area contributed by atoms with Crippen LogP contribution in [0.5, 0.6) is 0 Å². The Morgan fingerprint density at radius 1 is 1.55 bits per heavy atom. The topological polar surface area (TPSA) is 12.9 Å². The zero-order valence-electron chi connectivity index (χ0n) is 6.37. The van der Waals surface area contributed by atoms with E-state index in [2.05, 4.69) is 29.3 Å². The van der Waals surface area contributed by atoms with Gasteiger partial charge in [-0.05, 0) is 19.4 Å². The molecule has 1 aromatic rings. The maximum Gasteiger partial charge on any atom is 0.0907 e. The molecule has 1 heterocycles. The molecule has 0 radical (unpaired) electrons. The third-order valence-electron chi connectivity index (χ3n) is 1.62. The van der Waals surface area contributed by atoms with E-state index >= 15 is 0 Å². The molecule has 0 aromatic carbocycles. The van der Waals surface area contributed by atoms with E-state index in [0.29, 0.717) is 0 Å². The molecule has 1 aliphatic carbocycles. The number of rotatable bonds is 0. The number of aromatic nitrogens is 1. The van der Waals surface area contributed by atoms with Crippen molar-refractivity contribution in [3.63, 3.8) is 0 Å². The van der Waals surface area contributed by atoms with E-state index in [1.54, 1.807) is 11.3 Å². The largest absolute Gasteiger partial charge is 0.242 e. The Morgan fingerprint density at radius 2 is 2.45 bits per heavy atom. The molecular weight excluding hydrogens is 154 g/mol. The molecule has 2 rings (SSSR count). The van der Waals surface area contributed by atoms with E-state index in [-0.39, 0.29) is 0 Å². The molecule has 0 amide bonds. The molecule has 11 heavy (non-hydrogen) atoms. The maximum absolute atomic E-state index is 4.40. The highest BCUT2D eigenvalue weighted by molar-refractivity contribution is 7.09. The second kappa shape index (κ2) is 2.62.